The summed E-state index contributed by atoms with van der Waals surface area (Å²) in [5.41, 5.74) is 7.98. The molecule has 0 amide bonds. The van der Waals surface area contributed by atoms with Gasteiger partial charge < -0.3 is 18.6 Å². The molecule has 0 saturated carbocycles. The topological polar surface area (TPSA) is 106 Å². The van der Waals surface area contributed by atoms with Crippen molar-refractivity contribution < 1.29 is 25.8 Å². The number of halogens is 4. The van der Waals surface area contributed by atoms with Gasteiger partial charge in [0.2, 0.25) is 10.6 Å². The maximum atomic E-state index is 6.18. The van der Waals surface area contributed by atoms with Crippen LogP contribution in [0.5, 0.6) is 11.5 Å². The van der Waals surface area contributed by atoms with Gasteiger partial charge in [0, 0.05) is 6.42 Å². The van der Waals surface area contributed by atoms with Crippen LogP contribution in [0.3, 0.4) is 0 Å². The molecule has 4 aromatic carbocycles. The minimum absolute atomic E-state index is 0.110. The molecule has 276 valence electrons. The molecule has 0 spiro atoms. The van der Waals surface area contributed by atoms with Crippen LogP contribution in [-0.2, 0) is 35.9 Å². The molecule has 0 N–H and O–H groups in total. The Labute approximate surface area is 350 Å². The number of hydrogen-bond donors (Lipinski definition) is 0. The van der Waals surface area contributed by atoms with E-state index < -0.39 is 0 Å². The van der Waals surface area contributed by atoms with E-state index >= 15 is 0 Å². The summed E-state index contributed by atoms with van der Waals surface area (Å²) in [6.45, 7) is 4.99. The summed E-state index contributed by atoms with van der Waals surface area (Å²) in [6, 6.07) is 35.7. The molecule has 15 heteroatoms. The van der Waals surface area contributed by atoms with Gasteiger partial charge in [0.25, 0.3) is 0 Å². The quantitative estimate of drug-likeness (QED) is 0.0643. The normalized spacial score (nSPS) is 10.4. The fraction of sp³-hybridized carbons (Fsp3) is 0.125. The molecule has 4 heterocycles. The van der Waals surface area contributed by atoms with Crippen molar-refractivity contribution in [2.75, 3.05) is 14.2 Å². The second-order valence-electron chi connectivity index (χ2n) is 11.7. The number of fused-ring (bicyclic) bond motifs is 2. The molecule has 10 nitrogen and oxygen atoms in total. The van der Waals surface area contributed by atoms with E-state index in [0.29, 0.717) is 30.7 Å². The van der Waals surface area contributed by atoms with Crippen molar-refractivity contribution >= 4 is 70.8 Å². The van der Waals surface area contributed by atoms with Gasteiger partial charge in [-0.2, -0.15) is 34.6 Å². The predicted octanol–water partition coefficient (Wildman–Crippen LogP) is 10.0. The number of nitrogens with zero attached hydrogens (tertiary/aromatic N) is 8. The van der Waals surface area contributed by atoms with Crippen molar-refractivity contribution in [2.45, 2.75) is 19.5 Å². The molecule has 0 radical (unpaired) electrons. The molecule has 8 aromatic rings. The molecule has 0 atom stereocenters. The third kappa shape index (κ3) is 11.7. The van der Waals surface area contributed by atoms with Gasteiger partial charge in [-0.1, -0.05) is 72.3 Å². The van der Waals surface area contributed by atoms with Crippen molar-refractivity contribution in [3.63, 3.8) is 0 Å². The molecule has 0 aliphatic rings. The van der Waals surface area contributed by atoms with Crippen LogP contribution < -0.4 is 9.47 Å². The molecular weight excluding hydrogens is 876 g/mol. The Balaban J connectivity index is 0.000000176. The molecular formula is C40H34BrCl3N8O2Zn. The molecule has 0 unspecified atom stereocenters. The Morgan fingerprint density at radius 2 is 1.04 bits per heavy atom. The summed E-state index contributed by atoms with van der Waals surface area (Å²) in [5.74, 6) is 1.65. The van der Waals surface area contributed by atoms with E-state index in [1.807, 2.05) is 106 Å². The van der Waals surface area contributed by atoms with Gasteiger partial charge in [0.05, 0.1) is 45.7 Å². The van der Waals surface area contributed by atoms with Gasteiger partial charge in [-0.3, -0.25) is 0 Å². The first kappa shape index (κ1) is 41.6. The van der Waals surface area contributed by atoms with Gasteiger partial charge in [0.15, 0.2) is 16.4 Å². The average Bonchev–Trinajstić information content (AvgIpc) is 3.81. The standard InChI is InChI=1S/C20H17ClN4O.C13H10Cl2N4O.C7H7.BrH.Zn/c1-26-16-9-7-15(8-10-16)12-25-13-22-18-17(23-20(21)24-19(18)25)11-14-5-3-2-4-6-14;1-20-9-4-2-8(3-5-9)6-19-7-16-10-11(14)17-13(15)18-12(10)19;1-7-5-3-2-4-6-7;;/h2-10,13H,11-12H2,1H3;2-5,7H,6H2,1H3;2-6H,1H2;1H;/q;;-1;;+2/p-1. The maximum absolute atomic E-state index is 6.18. The third-order valence-electron chi connectivity index (χ3n) is 7.98. The molecule has 0 bridgehead atoms. The second kappa shape index (κ2) is 20.9. The van der Waals surface area contributed by atoms with Crippen molar-refractivity contribution in [3.8, 4) is 11.5 Å². The Morgan fingerprint density at radius 3 is 1.51 bits per heavy atom. The average molecular weight is 910 g/mol. The first-order chi connectivity index (χ1) is 26.8. The zero-order valence-corrected chi connectivity index (χ0v) is 36.8. The number of methoxy groups -OCH3 is 2. The van der Waals surface area contributed by atoms with Crippen LogP contribution in [0, 0.1) is 6.92 Å². The summed E-state index contributed by atoms with van der Waals surface area (Å²) in [6.07, 6.45) is 4.12. The predicted molar refractivity (Wildman–Crippen MR) is 219 cm³/mol. The van der Waals surface area contributed by atoms with E-state index in [4.69, 9.17) is 44.3 Å². The van der Waals surface area contributed by atoms with E-state index in [0.717, 1.165) is 50.6 Å². The summed E-state index contributed by atoms with van der Waals surface area (Å²) in [4.78, 5) is 25.6. The van der Waals surface area contributed by atoms with Crippen LogP contribution in [0.25, 0.3) is 22.3 Å². The summed E-state index contributed by atoms with van der Waals surface area (Å²) in [5, 5.41) is 0.604. The second-order valence-corrected chi connectivity index (χ2v) is 12.7. The van der Waals surface area contributed by atoms with E-state index in [1.54, 1.807) is 26.9 Å². The zero-order chi connectivity index (χ0) is 39.2. The first-order valence-electron chi connectivity index (χ1n) is 16.6. The van der Waals surface area contributed by atoms with Gasteiger partial charge in [-0.15, -0.1) is 12.1 Å². The zero-order valence-electron chi connectivity index (χ0n) is 30.0. The van der Waals surface area contributed by atoms with Gasteiger partial charge in [-0.25, -0.2) is 19.9 Å². The van der Waals surface area contributed by atoms with Crippen LogP contribution in [0.15, 0.2) is 122 Å². The number of rotatable bonds is 8. The monoisotopic (exact) mass is 906 g/mol. The fourth-order valence-corrected chi connectivity index (χ4v) is 5.94. The molecule has 4 aromatic heterocycles. The fourth-order valence-electron chi connectivity index (χ4n) is 5.34. The summed E-state index contributed by atoms with van der Waals surface area (Å²) < 4.78 is 14.2. The number of imidazole rings is 2. The Bertz CT molecular complexity index is 2400. The molecule has 8 rings (SSSR count). The number of ether oxygens (including phenoxy) is 2. The van der Waals surface area contributed by atoms with Crippen LogP contribution in [-0.4, -0.2) is 53.3 Å². The van der Waals surface area contributed by atoms with E-state index in [1.165, 1.54) is 16.3 Å². The van der Waals surface area contributed by atoms with E-state index in [-0.39, 0.29) is 15.7 Å². The summed E-state index contributed by atoms with van der Waals surface area (Å²) >= 11 is 22.3. The SMILES string of the molecule is COc1ccc(Cn2cnc3c(Cc4ccccc4)nc(Cl)nc32)cc1.COc1ccc(Cn2cnc3c(Cl)nc(Cl)nc32)cc1.[CH2-]c1ccccc1.[Zn+][Br]. The molecule has 0 fully saturated rings. The van der Waals surface area contributed by atoms with Crippen LogP contribution in [0.1, 0.15) is 27.9 Å². The number of hydrogen-bond acceptors (Lipinski definition) is 8. The molecule has 55 heavy (non-hydrogen) atoms. The molecule has 0 saturated heterocycles. The Kier molecular flexibility index (Phi) is 15.8. The minimum atomic E-state index is 0.110. The Morgan fingerprint density at radius 1 is 0.582 bits per heavy atom. The number of aromatic nitrogens is 8. The Hall–Kier alpha value is -4.58. The van der Waals surface area contributed by atoms with E-state index in [9.17, 15) is 0 Å². The summed E-state index contributed by atoms with van der Waals surface area (Å²) in [7, 11) is 3.30. The van der Waals surface area contributed by atoms with Gasteiger partial charge >= 0.3 is 30.0 Å². The van der Waals surface area contributed by atoms with Gasteiger partial charge in [-0.05, 0) is 64.2 Å². The van der Waals surface area contributed by atoms with Gasteiger partial charge in [0.1, 0.15) is 22.5 Å². The molecule has 0 aliphatic heterocycles. The van der Waals surface area contributed by atoms with Crippen LogP contribution >= 0.6 is 48.4 Å². The van der Waals surface area contributed by atoms with Crippen LogP contribution in [0.4, 0.5) is 0 Å². The first-order valence-corrected chi connectivity index (χ1v) is 24.7. The van der Waals surface area contributed by atoms with E-state index in [2.05, 4.69) is 62.6 Å². The third-order valence-corrected chi connectivity index (χ3v) is 8.59. The van der Waals surface area contributed by atoms with Crippen molar-refractivity contribution in [1.82, 2.24) is 39.0 Å². The van der Waals surface area contributed by atoms with Crippen molar-refractivity contribution in [2.24, 2.45) is 0 Å². The van der Waals surface area contributed by atoms with Crippen molar-refractivity contribution in [3.05, 3.63) is 172 Å². The van der Waals surface area contributed by atoms with Crippen molar-refractivity contribution in [1.29, 1.82) is 0 Å². The number of benzene rings is 4. The molecule has 0 aliphatic carbocycles. The van der Waals surface area contributed by atoms with Crippen LogP contribution in [0.2, 0.25) is 15.7 Å².